The Morgan fingerprint density at radius 2 is 2.18 bits per heavy atom. The number of fused-ring (bicyclic) bond motifs is 1. The van der Waals surface area contributed by atoms with Crippen molar-refractivity contribution in [2.24, 2.45) is 5.92 Å². The van der Waals surface area contributed by atoms with Crippen molar-refractivity contribution in [3.05, 3.63) is 36.2 Å². The molecule has 3 heteroatoms. The van der Waals surface area contributed by atoms with Gasteiger partial charge in [-0.3, -0.25) is 0 Å². The van der Waals surface area contributed by atoms with Gasteiger partial charge in [0.15, 0.2) is 0 Å². The van der Waals surface area contributed by atoms with Crippen molar-refractivity contribution in [1.82, 2.24) is 9.55 Å². The molecule has 1 aliphatic heterocycles. The molecule has 0 saturated heterocycles. The minimum Gasteiger partial charge on any atom is -0.507 e. The van der Waals surface area contributed by atoms with Crippen LogP contribution in [0.15, 0.2) is 30.5 Å². The van der Waals surface area contributed by atoms with Gasteiger partial charge in [-0.1, -0.05) is 19.1 Å². The minimum absolute atomic E-state index is 0.305. The monoisotopic (exact) mass is 228 g/mol. The van der Waals surface area contributed by atoms with Crippen LogP contribution >= 0.6 is 0 Å². The predicted molar refractivity (Wildman–Crippen MR) is 66.8 cm³/mol. The van der Waals surface area contributed by atoms with Gasteiger partial charge in [0.05, 0.1) is 5.56 Å². The number of nitrogens with zero attached hydrogens (tertiary/aromatic N) is 2. The number of imidazole rings is 1. The van der Waals surface area contributed by atoms with E-state index in [0.717, 1.165) is 24.4 Å². The van der Waals surface area contributed by atoms with Crippen molar-refractivity contribution in [1.29, 1.82) is 0 Å². The van der Waals surface area contributed by atoms with Gasteiger partial charge in [-0.15, -0.1) is 0 Å². The first-order chi connectivity index (χ1) is 8.25. The zero-order valence-corrected chi connectivity index (χ0v) is 9.93. The van der Waals surface area contributed by atoms with Gasteiger partial charge < -0.3 is 9.67 Å². The maximum Gasteiger partial charge on any atom is 0.143 e. The van der Waals surface area contributed by atoms with Crippen LogP contribution in [0.3, 0.4) is 0 Å². The van der Waals surface area contributed by atoms with Crippen molar-refractivity contribution in [3.8, 4) is 17.1 Å². The minimum atomic E-state index is 0.305. The van der Waals surface area contributed by atoms with E-state index in [0.29, 0.717) is 11.7 Å². The second-order valence-corrected chi connectivity index (χ2v) is 4.84. The van der Waals surface area contributed by atoms with E-state index < -0.39 is 0 Å². The normalized spacial score (nSPS) is 19.0. The average molecular weight is 228 g/mol. The first kappa shape index (κ1) is 10.4. The SMILES string of the molecule is CC1CCc2cnc(-c3ccccc3O)n2C1. The fourth-order valence-electron chi connectivity index (χ4n) is 2.49. The summed E-state index contributed by atoms with van der Waals surface area (Å²) >= 11 is 0. The standard InChI is InChI=1S/C14H16N2O/c1-10-6-7-11-8-15-14(16(11)9-10)12-4-2-3-5-13(12)17/h2-5,8,10,17H,6-7,9H2,1H3. The van der Waals surface area contributed by atoms with Gasteiger partial charge in [-0.05, 0) is 30.9 Å². The number of aromatic hydroxyl groups is 1. The summed E-state index contributed by atoms with van der Waals surface area (Å²) < 4.78 is 2.24. The van der Waals surface area contributed by atoms with Crippen molar-refractivity contribution in [2.45, 2.75) is 26.3 Å². The number of aromatic nitrogens is 2. The van der Waals surface area contributed by atoms with Crippen LogP contribution in [-0.4, -0.2) is 14.7 Å². The molecule has 1 aliphatic rings. The van der Waals surface area contributed by atoms with E-state index in [1.807, 2.05) is 24.4 Å². The topological polar surface area (TPSA) is 38.1 Å². The molecule has 88 valence electrons. The first-order valence-corrected chi connectivity index (χ1v) is 6.08. The molecule has 0 amide bonds. The van der Waals surface area contributed by atoms with Crippen LogP contribution < -0.4 is 0 Å². The summed E-state index contributed by atoms with van der Waals surface area (Å²) in [6, 6.07) is 7.40. The molecule has 1 aromatic carbocycles. The molecule has 1 aromatic heterocycles. The molecule has 0 spiro atoms. The number of hydrogen-bond donors (Lipinski definition) is 1. The summed E-state index contributed by atoms with van der Waals surface area (Å²) in [5.41, 5.74) is 2.11. The number of para-hydroxylation sites is 1. The molecule has 2 aromatic rings. The summed E-state index contributed by atoms with van der Waals surface area (Å²) in [4.78, 5) is 4.47. The Morgan fingerprint density at radius 3 is 3.00 bits per heavy atom. The third-order valence-electron chi connectivity index (χ3n) is 3.47. The number of phenols is 1. The fourth-order valence-corrected chi connectivity index (χ4v) is 2.49. The van der Waals surface area contributed by atoms with E-state index in [4.69, 9.17) is 0 Å². The molecule has 3 nitrogen and oxygen atoms in total. The number of rotatable bonds is 1. The summed E-state index contributed by atoms with van der Waals surface area (Å²) in [5, 5.41) is 9.90. The lowest BCUT2D eigenvalue weighted by atomic mass is 10.00. The second kappa shape index (κ2) is 3.91. The van der Waals surface area contributed by atoms with E-state index in [1.165, 1.54) is 12.1 Å². The molecule has 0 fully saturated rings. The molecule has 17 heavy (non-hydrogen) atoms. The second-order valence-electron chi connectivity index (χ2n) is 4.84. The van der Waals surface area contributed by atoms with E-state index in [1.54, 1.807) is 6.07 Å². The van der Waals surface area contributed by atoms with Gasteiger partial charge in [0, 0.05) is 18.4 Å². The van der Waals surface area contributed by atoms with Crippen LogP contribution in [0, 0.1) is 5.92 Å². The Labute approximate surface area is 101 Å². The third kappa shape index (κ3) is 1.71. The highest BCUT2D eigenvalue weighted by Crippen LogP contribution is 2.31. The Hall–Kier alpha value is -1.77. The summed E-state index contributed by atoms with van der Waals surface area (Å²) in [7, 11) is 0. The molecule has 0 radical (unpaired) electrons. The van der Waals surface area contributed by atoms with Crippen molar-refractivity contribution in [3.63, 3.8) is 0 Å². The summed E-state index contributed by atoms with van der Waals surface area (Å²) in [6.07, 6.45) is 4.25. The summed E-state index contributed by atoms with van der Waals surface area (Å²) in [5.74, 6) is 1.88. The highest BCUT2D eigenvalue weighted by Gasteiger charge is 2.20. The van der Waals surface area contributed by atoms with E-state index >= 15 is 0 Å². The number of phenolic OH excluding ortho intramolecular Hbond substituents is 1. The quantitative estimate of drug-likeness (QED) is 0.815. The Bertz CT molecular complexity index is 545. The smallest absolute Gasteiger partial charge is 0.143 e. The molecule has 3 rings (SSSR count). The van der Waals surface area contributed by atoms with Crippen LogP contribution in [0.5, 0.6) is 5.75 Å². The van der Waals surface area contributed by atoms with E-state index in [-0.39, 0.29) is 0 Å². The third-order valence-corrected chi connectivity index (χ3v) is 3.47. The Kier molecular flexibility index (Phi) is 2.39. The van der Waals surface area contributed by atoms with Crippen LogP contribution in [0.4, 0.5) is 0 Å². The van der Waals surface area contributed by atoms with Gasteiger partial charge in [-0.2, -0.15) is 0 Å². The van der Waals surface area contributed by atoms with Crippen molar-refractivity contribution >= 4 is 0 Å². The van der Waals surface area contributed by atoms with Gasteiger partial charge in [0.1, 0.15) is 11.6 Å². The molecule has 2 heterocycles. The Morgan fingerprint density at radius 1 is 1.35 bits per heavy atom. The average Bonchev–Trinajstić information content (AvgIpc) is 2.72. The predicted octanol–water partition coefficient (Wildman–Crippen LogP) is 2.84. The van der Waals surface area contributed by atoms with Gasteiger partial charge in [0.25, 0.3) is 0 Å². The molecular formula is C14H16N2O. The zero-order valence-electron chi connectivity index (χ0n) is 9.93. The molecule has 1 atom stereocenters. The molecule has 1 N–H and O–H groups in total. The molecule has 0 aliphatic carbocycles. The highest BCUT2D eigenvalue weighted by molar-refractivity contribution is 5.64. The summed E-state index contributed by atoms with van der Waals surface area (Å²) in [6.45, 7) is 3.26. The lowest BCUT2D eigenvalue weighted by Gasteiger charge is -2.22. The first-order valence-electron chi connectivity index (χ1n) is 6.08. The van der Waals surface area contributed by atoms with Crippen LogP contribution in [0.1, 0.15) is 19.0 Å². The maximum absolute atomic E-state index is 9.90. The number of aryl methyl sites for hydroxylation is 1. The van der Waals surface area contributed by atoms with E-state index in [9.17, 15) is 5.11 Å². The van der Waals surface area contributed by atoms with E-state index in [2.05, 4.69) is 16.5 Å². The lowest BCUT2D eigenvalue weighted by molar-refractivity contribution is 0.401. The highest BCUT2D eigenvalue weighted by atomic mass is 16.3. The lowest BCUT2D eigenvalue weighted by Crippen LogP contribution is -2.18. The van der Waals surface area contributed by atoms with Crippen LogP contribution in [-0.2, 0) is 13.0 Å². The van der Waals surface area contributed by atoms with Crippen LogP contribution in [0.25, 0.3) is 11.4 Å². The molecule has 0 saturated carbocycles. The molecular weight excluding hydrogens is 212 g/mol. The largest absolute Gasteiger partial charge is 0.507 e. The van der Waals surface area contributed by atoms with Crippen molar-refractivity contribution < 1.29 is 5.11 Å². The van der Waals surface area contributed by atoms with Gasteiger partial charge >= 0.3 is 0 Å². The number of benzene rings is 1. The van der Waals surface area contributed by atoms with Crippen molar-refractivity contribution in [2.75, 3.05) is 0 Å². The van der Waals surface area contributed by atoms with Crippen LogP contribution in [0.2, 0.25) is 0 Å². The molecule has 1 unspecified atom stereocenters. The fraction of sp³-hybridized carbons (Fsp3) is 0.357. The van der Waals surface area contributed by atoms with Gasteiger partial charge in [0.2, 0.25) is 0 Å². The zero-order chi connectivity index (χ0) is 11.8. The Balaban J connectivity index is 2.11. The maximum atomic E-state index is 9.90. The molecule has 0 bridgehead atoms. The number of hydrogen-bond acceptors (Lipinski definition) is 2. The van der Waals surface area contributed by atoms with Gasteiger partial charge in [-0.25, -0.2) is 4.98 Å².